The summed E-state index contributed by atoms with van der Waals surface area (Å²) in [6.07, 6.45) is 0.514. The summed E-state index contributed by atoms with van der Waals surface area (Å²) < 4.78 is 30.8. The second kappa shape index (κ2) is 6.26. The number of aryl methyl sites for hydroxylation is 1. The molecule has 0 radical (unpaired) electrons. The Morgan fingerprint density at radius 2 is 1.83 bits per heavy atom. The SMILES string of the molecule is CCC12CN(C)C(C)CN1c1c(c(=O)n(C)c3c(F)c(C)c(F)cc13)N(C)C2=O. The number of fused-ring (bicyclic) bond motifs is 5. The van der Waals surface area contributed by atoms with E-state index in [1.54, 1.807) is 7.05 Å². The van der Waals surface area contributed by atoms with E-state index in [2.05, 4.69) is 4.90 Å². The summed E-state index contributed by atoms with van der Waals surface area (Å²) in [7, 11) is 4.99. The van der Waals surface area contributed by atoms with Crippen LogP contribution in [0.4, 0.5) is 20.2 Å². The minimum absolute atomic E-state index is 0.0620. The molecule has 1 fully saturated rings. The smallest absolute Gasteiger partial charge is 0.277 e. The van der Waals surface area contributed by atoms with Gasteiger partial charge in [0.1, 0.15) is 17.0 Å². The lowest BCUT2D eigenvalue weighted by atomic mass is 9.83. The van der Waals surface area contributed by atoms with Crippen LogP contribution in [0.25, 0.3) is 10.9 Å². The minimum Gasteiger partial charge on any atom is -0.352 e. The molecule has 2 aliphatic heterocycles. The fourth-order valence-electron chi connectivity index (χ4n) is 4.87. The first-order valence-corrected chi connectivity index (χ1v) is 9.84. The number of carbonyl (C=O) groups excluding carboxylic acids is 1. The van der Waals surface area contributed by atoms with Gasteiger partial charge in [-0.15, -0.1) is 0 Å². The van der Waals surface area contributed by atoms with Crippen molar-refractivity contribution in [2.24, 2.45) is 7.05 Å². The largest absolute Gasteiger partial charge is 0.352 e. The van der Waals surface area contributed by atoms with Crippen molar-refractivity contribution >= 4 is 28.2 Å². The first-order valence-electron chi connectivity index (χ1n) is 9.84. The Hall–Kier alpha value is -2.48. The van der Waals surface area contributed by atoms with E-state index >= 15 is 4.39 Å². The molecule has 8 heteroatoms. The lowest BCUT2D eigenvalue weighted by molar-refractivity contribution is -0.126. The van der Waals surface area contributed by atoms with Crippen molar-refractivity contribution in [3.8, 4) is 0 Å². The third kappa shape index (κ3) is 2.35. The number of nitrogens with zero attached hydrogens (tertiary/aromatic N) is 4. The zero-order valence-electron chi connectivity index (χ0n) is 17.6. The number of likely N-dealkylation sites (N-methyl/N-ethyl adjacent to an activating group) is 2. The van der Waals surface area contributed by atoms with E-state index in [9.17, 15) is 14.0 Å². The van der Waals surface area contributed by atoms with Crippen LogP contribution < -0.4 is 15.4 Å². The first-order chi connectivity index (χ1) is 13.6. The predicted molar refractivity (Wildman–Crippen MR) is 110 cm³/mol. The Morgan fingerprint density at radius 3 is 2.45 bits per heavy atom. The monoisotopic (exact) mass is 404 g/mol. The highest BCUT2D eigenvalue weighted by molar-refractivity contribution is 6.13. The molecule has 3 heterocycles. The van der Waals surface area contributed by atoms with E-state index in [1.807, 2.05) is 25.8 Å². The fourth-order valence-corrected chi connectivity index (χ4v) is 4.87. The zero-order valence-corrected chi connectivity index (χ0v) is 17.6. The number of halogens is 2. The Bertz CT molecular complexity index is 1110. The Balaban J connectivity index is 2.19. The molecule has 0 N–H and O–H groups in total. The standard InChI is InChI=1S/C21H26F2N4O2/c1-7-21-10-24(4)11(2)9-27(21)17-13-8-14(22)12(3)15(23)16(13)25(5)19(28)18(17)26(6)20(21)29/h8,11H,7,9-10H2,1-6H3. The average Bonchev–Trinajstić information content (AvgIpc) is 2.68. The summed E-state index contributed by atoms with van der Waals surface area (Å²) >= 11 is 0. The van der Waals surface area contributed by atoms with Crippen LogP contribution in [0.2, 0.25) is 0 Å². The number of benzene rings is 1. The molecular weight excluding hydrogens is 378 g/mol. The van der Waals surface area contributed by atoms with Crippen molar-refractivity contribution in [2.45, 2.75) is 38.8 Å². The van der Waals surface area contributed by atoms with Crippen molar-refractivity contribution in [3.05, 3.63) is 33.6 Å². The van der Waals surface area contributed by atoms with Gasteiger partial charge in [0.2, 0.25) is 0 Å². The molecule has 2 aliphatic rings. The van der Waals surface area contributed by atoms with E-state index in [4.69, 9.17) is 0 Å². The van der Waals surface area contributed by atoms with Crippen LogP contribution in [0.15, 0.2) is 10.9 Å². The summed E-state index contributed by atoms with van der Waals surface area (Å²) in [6.45, 7) is 6.29. The number of amides is 1. The number of carbonyl (C=O) groups is 1. The third-order valence-electron chi connectivity index (χ3n) is 6.86. The summed E-state index contributed by atoms with van der Waals surface area (Å²) in [5.41, 5.74) is -0.795. The molecule has 2 atom stereocenters. The van der Waals surface area contributed by atoms with Crippen LogP contribution in [0, 0.1) is 18.6 Å². The van der Waals surface area contributed by atoms with Crippen molar-refractivity contribution in [2.75, 3.05) is 37.0 Å². The van der Waals surface area contributed by atoms with Crippen LogP contribution in [-0.4, -0.2) is 54.1 Å². The molecule has 2 aromatic rings. The van der Waals surface area contributed by atoms with Gasteiger partial charge in [0.15, 0.2) is 5.82 Å². The van der Waals surface area contributed by atoms with Gasteiger partial charge in [-0.3, -0.25) is 14.5 Å². The molecule has 0 saturated carbocycles. The van der Waals surface area contributed by atoms with Crippen LogP contribution >= 0.6 is 0 Å². The number of hydrogen-bond donors (Lipinski definition) is 0. The summed E-state index contributed by atoms with van der Waals surface area (Å²) in [6, 6.07) is 1.40. The lowest BCUT2D eigenvalue weighted by Gasteiger charge is -2.56. The van der Waals surface area contributed by atoms with Gasteiger partial charge in [0, 0.05) is 44.2 Å². The topological polar surface area (TPSA) is 48.8 Å². The van der Waals surface area contributed by atoms with Crippen LogP contribution in [-0.2, 0) is 11.8 Å². The van der Waals surface area contributed by atoms with E-state index in [1.165, 1.54) is 29.5 Å². The van der Waals surface area contributed by atoms with Gasteiger partial charge in [-0.25, -0.2) is 8.78 Å². The van der Waals surface area contributed by atoms with Gasteiger partial charge >= 0.3 is 0 Å². The van der Waals surface area contributed by atoms with Gasteiger partial charge < -0.3 is 14.4 Å². The summed E-state index contributed by atoms with van der Waals surface area (Å²) in [5.74, 6) is -1.58. The van der Waals surface area contributed by atoms with E-state index in [0.29, 0.717) is 30.6 Å². The number of hydrogen-bond acceptors (Lipinski definition) is 4. The number of anilines is 2. The molecule has 156 valence electrons. The van der Waals surface area contributed by atoms with Gasteiger partial charge in [-0.2, -0.15) is 0 Å². The van der Waals surface area contributed by atoms with Gasteiger partial charge in [0.25, 0.3) is 11.5 Å². The zero-order chi connectivity index (χ0) is 21.4. The van der Waals surface area contributed by atoms with E-state index in [-0.39, 0.29) is 28.7 Å². The average molecular weight is 404 g/mol. The first kappa shape index (κ1) is 19.8. The summed E-state index contributed by atoms with van der Waals surface area (Å²) in [5, 5.41) is 0.316. The van der Waals surface area contributed by atoms with Crippen molar-refractivity contribution in [1.82, 2.24) is 9.47 Å². The lowest BCUT2D eigenvalue weighted by Crippen LogP contribution is -2.73. The highest BCUT2D eigenvalue weighted by atomic mass is 19.1. The Morgan fingerprint density at radius 1 is 1.17 bits per heavy atom. The van der Waals surface area contributed by atoms with Crippen molar-refractivity contribution in [1.29, 1.82) is 0 Å². The number of aromatic nitrogens is 1. The molecule has 1 aromatic heterocycles. The second-order valence-corrected chi connectivity index (χ2v) is 8.38. The number of rotatable bonds is 1. The van der Waals surface area contributed by atoms with Gasteiger partial charge in [0.05, 0.1) is 11.2 Å². The maximum Gasteiger partial charge on any atom is 0.277 e. The second-order valence-electron chi connectivity index (χ2n) is 8.38. The normalized spacial score (nSPS) is 24.8. The van der Waals surface area contributed by atoms with Gasteiger partial charge in [-0.05, 0) is 33.4 Å². The molecule has 29 heavy (non-hydrogen) atoms. The maximum absolute atomic E-state index is 15.1. The number of piperazine rings is 1. The molecule has 1 aromatic carbocycles. The fraction of sp³-hybridized carbons (Fsp3) is 0.524. The molecule has 6 nitrogen and oxygen atoms in total. The summed E-state index contributed by atoms with van der Waals surface area (Å²) in [4.78, 5) is 32.1. The molecule has 0 spiro atoms. The number of pyridine rings is 1. The molecular formula is C21H26F2N4O2. The van der Waals surface area contributed by atoms with Gasteiger partial charge in [-0.1, -0.05) is 6.92 Å². The van der Waals surface area contributed by atoms with E-state index < -0.39 is 22.7 Å². The minimum atomic E-state index is -0.889. The van der Waals surface area contributed by atoms with Crippen molar-refractivity contribution < 1.29 is 13.6 Å². The quantitative estimate of drug-likeness (QED) is 0.733. The molecule has 1 amide bonds. The third-order valence-corrected chi connectivity index (χ3v) is 6.86. The molecule has 4 rings (SSSR count). The van der Waals surface area contributed by atoms with Crippen LogP contribution in [0.5, 0.6) is 0 Å². The Labute approximate surface area is 168 Å². The molecule has 0 bridgehead atoms. The highest BCUT2D eigenvalue weighted by Gasteiger charge is 2.54. The Kier molecular flexibility index (Phi) is 4.28. The highest BCUT2D eigenvalue weighted by Crippen LogP contribution is 2.46. The maximum atomic E-state index is 15.1. The van der Waals surface area contributed by atoms with Crippen molar-refractivity contribution in [3.63, 3.8) is 0 Å². The van der Waals surface area contributed by atoms with E-state index in [0.717, 1.165) is 0 Å². The molecule has 2 unspecified atom stereocenters. The molecule has 1 saturated heterocycles. The van der Waals surface area contributed by atoms with Crippen LogP contribution in [0.3, 0.4) is 0 Å². The predicted octanol–water partition coefficient (Wildman–Crippen LogP) is 2.39. The molecule has 0 aliphatic carbocycles. The van der Waals surface area contributed by atoms with Crippen LogP contribution in [0.1, 0.15) is 25.8 Å².